The number of para-hydroxylation sites is 1. The first-order valence-corrected chi connectivity index (χ1v) is 8.86. The molecule has 0 saturated heterocycles. The highest BCUT2D eigenvalue weighted by atomic mass is 32.1. The fraction of sp³-hybridized carbons (Fsp3) is 0.500. The number of likely N-dealkylation sites (N-methyl/N-ethyl adjacent to an activating group) is 1. The van der Waals surface area contributed by atoms with Crippen molar-refractivity contribution in [3.63, 3.8) is 0 Å². The van der Waals surface area contributed by atoms with E-state index in [0.29, 0.717) is 0 Å². The van der Waals surface area contributed by atoms with Gasteiger partial charge in [0.05, 0.1) is 28.9 Å². The number of fused-ring (bicyclic) bond motifs is 1. The Balaban J connectivity index is 2.04. The highest BCUT2D eigenvalue weighted by Crippen LogP contribution is 2.28. The minimum Gasteiger partial charge on any atom is -0.337 e. The molecule has 1 amide bonds. The molecule has 128 valence electrons. The van der Waals surface area contributed by atoms with Crippen LogP contribution in [0.4, 0.5) is 0 Å². The summed E-state index contributed by atoms with van der Waals surface area (Å²) >= 11 is 1.65. The number of hydrogen-bond acceptors (Lipinski definition) is 5. The van der Waals surface area contributed by atoms with Crippen LogP contribution in [0.3, 0.4) is 0 Å². The van der Waals surface area contributed by atoms with E-state index in [2.05, 4.69) is 22.4 Å². The number of carbonyl (C=O) groups is 1. The molecule has 6 heteroatoms. The summed E-state index contributed by atoms with van der Waals surface area (Å²) in [6.45, 7) is 7.87. The first-order valence-electron chi connectivity index (χ1n) is 8.05. The van der Waals surface area contributed by atoms with Gasteiger partial charge in [-0.05, 0) is 38.9 Å². The lowest BCUT2D eigenvalue weighted by molar-refractivity contribution is -0.124. The van der Waals surface area contributed by atoms with Crippen LogP contribution in [0.5, 0.6) is 0 Å². The van der Waals surface area contributed by atoms with Crippen LogP contribution in [0.1, 0.15) is 38.7 Å². The highest BCUT2D eigenvalue weighted by Gasteiger charge is 2.30. The smallest absolute Gasteiger partial charge is 0.235 e. The molecule has 1 aromatic heterocycles. The zero-order chi connectivity index (χ0) is 17.9. The van der Waals surface area contributed by atoms with Crippen LogP contribution in [0, 0.1) is 17.2 Å². The van der Waals surface area contributed by atoms with Crippen LogP contribution in [0.15, 0.2) is 24.3 Å². The Kier molecular flexibility index (Phi) is 5.58. The summed E-state index contributed by atoms with van der Waals surface area (Å²) in [5, 5.41) is 13.2. The van der Waals surface area contributed by atoms with Gasteiger partial charge < -0.3 is 5.32 Å². The largest absolute Gasteiger partial charge is 0.337 e. The van der Waals surface area contributed by atoms with Crippen molar-refractivity contribution in [3.05, 3.63) is 29.3 Å². The Hall–Kier alpha value is -1.97. The summed E-state index contributed by atoms with van der Waals surface area (Å²) in [6, 6.07) is 10.3. The number of aromatic nitrogens is 1. The Labute approximate surface area is 147 Å². The van der Waals surface area contributed by atoms with E-state index in [-0.39, 0.29) is 24.4 Å². The predicted octanol–water partition coefficient (Wildman–Crippen LogP) is 3.34. The minimum atomic E-state index is -0.850. The number of carbonyl (C=O) groups excluding carboxylic acids is 1. The number of rotatable bonds is 6. The molecular weight excluding hydrogens is 320 g/mol. The molecule has 0 fully saturated rings. The second kappa shape index (κ2) is 7.29. The molecule has 1 aromatic carbocycles. The molecular formula is C18H24N4OS. The zero-order valence-electron chi connectivity index (χ0n) is 14.8. The number of benzene rings is 1. The molecule has 0 aliphatic carbocycles. The quantitative estimate of drug-likeness (QED) is 0.872. The summed E-state index contributed by atoms with van der Waals surface area (Å²) in [6.07, 6.45) is 0. The zero-order valence-corrected chi connectivity index (χ0v) is 15.6. The molecule has 0 aliphatic heterocycles. The Morgan fingerprint density at radius 2 is 2.08 bits per heavy atom. The summed E-state index contributed by atoms with van der Waals surface area (Å²) in [4.78, 5) is 18.9. The van der Waals surface area contributed by atoms with Gasteiger partial charge in [0.15, 0.2) is 0 Å². The van der Waals surface area contributed by atoms with Crippen molar-refractivity contribution >= 4 is 27.5 Å². The molecule has 2 atom stereocenters. The summed E-state index contributed by atoms with van der Waals surface area (Å²) in [7, 11) is 1.90. The van der Waals surface area contributed by atoms with Gasteiger partial charge >= 0.3 is 0 Å². The van der Waals surface area contributed by atoms with Crippen LogP contribution < -0.4 is 5.32 Å². The summed E-state index contributed by atoms with van der Waals surface area (Å²) < 4.78 is 1.15. The number of nitrogens with zero attached hydrogens (tertiary/aromatic N) is 3. The fourth-order valence-corrected chi connectivity index (χ4v) is 3.34. The Morgan fingerprint density at radius 3 is 2.67 bits per heavy atom. The molecule has 0 aliphatic rings. The molecule has 2 aromatic rings. The molecule has 0 spiro atoms. The van der Waals surface area contributed by atoms with E-state index < -0.39 is 5.54 Å². The molecule has 0 bridgehead atoms. The highest BCUT2D eigenvalue weighted by molar-refractivity contribution is 7.18. The molecule has 0 radical (unpaired) electrons. The van der Waals surface area contributed by atoms with Gasteiger partial charge in [-0.2, -0.15) is 5.26 Å². The van der Waals surface area contributed by atoms with Gasteiger partial charge in [0.1, 0.15) is 10.5 Å². The third kappa shape index (κ3) is 3.92. The van der Waals surface area contributed by atoms with Gasteiger partial charge in [-0.25, -0.2) is 4.98 Å². The fourth-order valence-electron chi connectivity index (χ4n) is 2.25. The van der Waals surface area contributed by atoms with Gasteiger partial charge in [0.25, 0.3) is 0 Å². The van der Waals surface area contributed by atoms with Crippen LogP contribution in [-0.4, -0.2) is 34.9 Å². The van der Waals surface area contributed by atoms with Gasteiger partial charge in [0.2, 0.25) is 5.91 Å². The van der Waals surface area contributed by atoms with Gasteiger partial charge in [0, 0.05) is 0 Å². The van der Waals surface area contributed by atoms with Crippen molar-refractivity contribution in [2.24, 2.45) is 5.92 Å². The van der Waals surface area contributed by atoms with E-state index in [1.54, 1.807) is 18.3 Å². The maximum atomic E-state index is 12.3. The number of amides is 1. The van der Waals surface area contributed by atoms with E-state index in [1.807, 2.05) is 50.9 Å². The first-order chi connectivity index (χ1) is 11.3. The summed E-state index contributed by atoms with van der Waals surface area (Å²) in [5.41, 5.74) is 0.135. The number of nitriles is 1. The molecule has 0 saturated carbocycles. The first kappa shape index (κ1) is 18.4. The molecule has 2 rings (SSSR count). The topological polar surface area (TPSA) is 69.0 Å². The van der Waals surface area contributed by atoms with E-state index in [4.69, 9.17) is 0 Å². The van der Waals surface area contributed by atoms with Crippen molar-refractivity contribution in [2.45, 2.75) is 39.3 Å². The lowest BCUT2D eigenvalue weighted by Gasteiger charge is -2.29. The molecule has 5 nitrogen and oxygen atoms in total. The average molecular weight is 344 g/mol. The van der Waals surface area contributed by atoms with Crippen LogP contribution in [-0.2, 0) is 4.79 Å². The Morgan fingerprint density at radius 1 is 1.42 bits per heavy atom. The van der Waals surface area contributed by atoms with Crippen molar-refractivity contribution in [2.75, 3.05) is 13.6 Å². The predicted molar refractivity (Wildman–Crippen MR) is 97.7 cm³/mol. The van der Waals surface area contributed by atoms with Crippen molar-refractivity contribution in [1.82, 2.24) is 15.2 Å². The lowest BCUT2D eigenvalue weighted by atomic mass is 9.90. The number of thiazole rings is 1. The molecule has 1 N–H and O–H groups in total. The number of nitrogens with one attached hydrogen (secondary N) is 1. The van der Waals surface area contributed by atoms with Crippen molar-refractivity contribution in [3.8, 4) is 6.07 Å². The third-order valence-electron chi connectivity index (χ3n) is 4.51. The van der Waals surface area contributed by atoms with E-state index in [0.717, 1.165) is 15.2 Å². The SMILES string of the molecule is CC(C)[C@](C)(C#N)NC(=O)CN(C)[C@@H](C)c1nc2ccccc2s1. The monoisotopic (exact) mass is 344 g/mol. The third-order valence-corrected chi connectivity index (χ3v) is 5.71. The van der Waals surface area contributed by atoms with Crippen molar-refractivity contribution in [1.29, 1.82) is 5.26 Å². The van der Waals surface area contributed by atoms with E-state index >= 15 is 0 Å². The van der Waals surface area contributed by atoms with Crippen LogP contribution >= 0.6 is 11.3 Å². The summed E-state index contributed by atoms with van der Waals surface area (Å²) in [5.74, 6) is -0.110. The van der Waals surface area contributed by atoms with Crippen LogP contribution in [0.2, 0.25) is 0 Å². The molecule has 0 unspecified atom stereocenters. The normalized spacial score (nSPS) is 15.2. The van der Waals surface area contributed by atoms with E-state index in [9.17, 15) is 10.1 Å². The Bertz CT molecular complexity index is 731. The van der Waals surface area contributed by atoms with Gasteiger partial charge in [-0.15, -0.1) is 11.3 Å². The lowest BCUT2D eigenvalue weighted by Crippen LogP contribution is -2.51. The maximum Gasteiger partial charge on any atom is 0.235 e. The average Bonchev–Trinajstić information content (AvgIpc) is 2.97. The van der Waals surface area contributed by atoms with E-state index in [1.165, 1.54) is 0 Å². The van der Waals surface area contributed by atoms with Crippen LogP contribution in [0.25, 0.3) is 10.2 Å². The van der Waals surface area contributed by atoms with Gasteiger partial charge in [-0.1, -0.05) is 26.0 Å². The van der Waals surface area contributed by atoms with Gasteiger partial charge in [-0.3, -0.25) is 9.69 Å². The molecule has 1 heterocycles. The van der Waals surface area contributed by atoms with Crippen molar-refractivity contribution < 1.29 is 4.79 Å². The maximum absolute atomic E-state index is 12.3. The number of hydrogen-bond donors (Lipinski definition) is 1. The second-order valence-corrected chi connectivity index (χ2v) is 7.69. The molecule has 24 heavy (non-hydrogen) atoms. The second-order valence-electron chi connectivity index (χ2n) is 6.63. The standard InChI is InChI=1S/C18H24N4OS/c1-12(2)18(4,11-19)21-16(23)10-22(5)13(3)17-20-14-8-6-7-9-15(14)24-17/h6-9,12-13H,10H2,1-5H3,(H,21,23)/t13-,18-/m0/s1. The minimum absolute atomic E-state index is 0.0283.